The van der Waals surface area contributed by atoms with E-state index >= 15 is 0 Å². The number of hydrogen-bond acceptors (Lipinski definition) is 6. The molecule has 8 nitrogen and oxygen atoms in total. The molecule has 0 bridgehead atoms. The fraction of sp³-hybridized carbons (Fsp3) is 0.107. The fourth-order valence-corrected chi connectivity index (χ4v) is 3.76. The standard InChI is InChI=1S/C28H25N3O5/c1-17(30-31-28(34)26-22-10-5-4-7-18(22)11-13-23(26)32)19-8-6-9-21(15-19)29-27(33)20-12-14-24(35-2)25(16-20)36-3/h4-16,32H,1-3H3,(H,29,33)(H,31,34). The summed E-state index contributed by atoms with van der Waals surface area (Å²) in [6, 6.07) is 22.5. The van der Waals surface area contributed by atoms with Gasteiger partial charge in [0.2, 0.25) is 0 Å². The molecule has 0 heterocycles. The summed E-state index contributed by atoms with van der Waals surface area (Å²) in [7, 11) is 3.03. The molecule has 36 heavy (non-hydrogen) atoms. The highest BCUT2D eigenvalue weighted by molar-refractivity contribution is 6.10. The second kappa shape index (κ2) is 10.6. The van der Waals surface area contributed by atoms with Crippen molar-refractivity contribution in [1.29, 1.82) is 0 Å². The second-order valence-corrected chi connectivity index (χ2v) is 7.92. The molecule has 0 spiro atoms. The molecule has 3 N–H and O–H groups in total. The maximum absolute atomic E-state index is 12.8. The zero-order chi connectivity index (χ0) is 25.7. The lowest BCUT2D eigenvalue weighted by Gasteiger charge is -2.11. The topological polar surface area (TPSA) is 109 Å². The molecule has 0 radical (unpaired) electrons. The summed E-state index contributed by atoms with van der Waals surface area (Å²) in [6.45, 7) is 1.73. The molecule has 8 heteroatoms. The van der Waals surface area contributed by atoms with Gasteiger partial charge in [0.1, 0.15) is 5.75 Å². The maximum Gasteiger partial charge on any atom is 0.275 e. The number of rotatable bonds is 7. The minimum absolute atomic E-state index is 0.126. The van der Waals surface area contributed by atoms with E-state index in [-0.39, 0.29) is 17.2 Å². The number of nitrogens with one attached hydrogen (secondary N) is 2. The van der Waals surface area contributed by atoms with Crippen LogP contribution in [0.25, 0.3) is 10.8 Å². The van der Waals surface area contributed by atoms with Crippen molar-refractivity contribution in [2.75, 3.05) is 19.5 Å². The average molecular weight is 484 g/mol. The minimum Gasteiger partial charge on any atom is -0.507 e. The third-order valence-electron chi connectivity index (χ3n) is 5.64. The highest BCUT2D eigenvalue weighted by Gasteiger charge is 2.15. The number of phenolic OH excluding ortho intramolecular Hbond substituents is 1. The highest BCUT2D eigenvalue weighted by Crippen LogP contribution is 2.28. The van der Waals surface area contributed by atoms with E-state index in [0.29, 0.717) is 39.4 Å². The summed E-state index contributed by atoms with van der Waals surface area (Å²) < 4.78 is 10.5. The van der Waals surface area contributed by atoms with E-state index in [0.717, 1.165) is 5.39 Å². The SMILES string of the molecule is COc1ccc(C(=O)Nc2cccc(C(C)=NNC(=O)c3c(O)ccc4ccccc34)c2)cc1OC. The summed E-state index contributed by atoms with van der Waals surface area (Å²) in [6.07, 6.45) is 0. The number of methoxy groups -OCH3 is 2. The number of ether oxygens (including phenoxy) is 2. The van der Waals surface area contributed by atoms with Gasteiger partial charge in [0.25, 0.3) is 11.8 Å². The van der Waals surface area contributed by atoms with Gasteiger partial charge in [-0.05, 0) is 59.7 Å². The van der Waals surface area contributed by atoms with Crippen LogP contribution in [0.4, 0.5) is 5.69 Å². The Labute approximate surface area is 208 Å². The van der Waals surface area contributed by atoms with E-state index in [2.05, 4.69) is 15.8 Å². The fourth-order valence-electron chi connectivity index (χ4n) is 3.76. The maximum atomic E-state index is 12.8. The first-order chi connectivity index (χ1) is 17.4. The first kappa shape index (κ1) is 24.3. The predicted octanol–water partition coefficient (Wildman–Crippen LogP) is 4.97. The Morgan fingerprint density at radius 1 is 0.806 bits per heavy atom. The number of carbonyl (C=O) groups excluding carboxylic acids is 2. The molecule has 0 unspecified atom stereocenters. The lowest BCUT2D eigenvalue weighted by molar-refractivity contribution is 0.0953. The third-order valence-corrected chi connectivity index (χ3v) is 5.64. The molecule has 0 aliphatic heterocycles. The number of phenols is 1. The van der Waals surface area contributed by atoms with E-state index in [4.69, 9.17) is 9.47 Å². The van der Waals surface area contributed by atoms with Crippen molar-refractivity contribution in [2.24, 2.45) is 5.10 Å². The van der Waals surface area contributed by atoms with Crippen molar-refractivity contribution >= 4 is 34.0 Å². The van der Waals surface area contributed by atoms with Gasteiger partial charge < -0.3 is 19.9 Å². The van der Waals surface area contributed by atoms with Crippen LogP contribution in [0, 0.1) is 0 Å². The zero-order valence-electron chi connectivity index (χ0n) is 20.0. The Balaban J connectivity index is 1.50. The third kappa shape index (κ3) is 5.12. The van der Waals surface area contributed by atoms with Gasteiger partial charge in [-0.25, -0.2) is 5.43 Å². The molecule has 0 saturated carbocycles. The zero-order valence-corrected chi connectivity index (χ0v) is 20.0. The van der Waals surface area contributed by atoms with Gasteiger partial charge in [0.05, 0.1) is 25.5 Å². The molecule has 0 aromatic heterocycles. The second-order valence-electron chi connectivity index (χ2n) is 7.92. The summed E-state index contributed by atoms with van der Waals surface area (Å²) in [4.78, 5) is 25.6. The Kier molecular flexibility index (Phi) is 7.15. The Morgan fingerprint density at radius 3 is 2.36 bits per heavy atom. The highest BCUT2D eigenvalue weighted by atomic mass is 16.5. The number of nitrogens with zero attached hydrogens (tertiary/aromatic N) is 1. The van der Waals surface area contributed by atoms with Crippen LogP contribution in [0.15, 0.2) is 84.0 Å². The molecular weight excluding hydrogens is 458 g/mol. The van der Waals surface area contributed by atoms with Crippen LogP contribution in [-0.2, 0) is 0 Å². The van der Waals surface area contributed by atoms with Gasteiger partial charge in [-0.3, -0.25) is 9.59 Å². The van der Waals surface area contributed by atoms with E-state index in [1.807, 2.05) is 18.2 Å². The van der Waals surface area contributed by atoms with Crippen molar-refractivity contribution in [3.8, 4) is 17.2 Å². The number of anilines is 1. The lowest BCUT2D eigenvalue weighted by atomic mass is 10.0. The van der Waals surface area contributed by atoms with E-state index < -0.39 is 5.91 Å². The molecule has 0 aliphatic rings. The summed E-state index contributed by atoms with van der Waals surface area (Å²) in [5.74, 6) is 0.0134. The summed E-state index contributed by atoms with van der Waals surface area (Å²) >= 11 is 0. The lowest BCUT2D eigenvalue weighted by Crippen LogP contribution is -2.20. The molecule has 0 aliphatic carbocycles. The average Bonchev–Trinajstić information content (AvgIpc) is 2.91. The predicted molar refractivity (Wildman–Crippen MR) is 139 cm³/mol. The van der Waals surface area contributed by atoms with Gasteiger partial charge in [-0.15, -0.1) is 0 Å². The Hall–Kier alpha value is -4.85. The molecular formula is C28H25N3O5. The number of amides is 2. The van der Waals surface area contributed by atoms with Gasteiger partial charge >= 0.3 is 0 Å². The van der Waals surface area contributed by atoms with Crippen LogP contribution in [-0.4, -0.2) is 36.9 Å². The number of benzene rings is 4. The Morgan fingerprint density at radius 2 is 1.58 bits per heavy atom. The normalized spacial score (nSPS) is 11.1. The first-order valence-corrected chi connectivity index (χ1v) is 11.1. The molecule has 2 amide bonds. The monoisotopic (exact) mass is 483 g/mol. The summed E-state index contributed by atoms with van der Waals surface area (Å²) in [5, 5.41) is 18.8. The summed E-state index contributed by atoms with van der Waals surface area (Å²) in [5.41, 5.74) is 4.85. The van der Waals surface area contributed by atoms with Crippen LogP contribution in [0.5, 0.6) is 17.2 Å². The van der Waals surface area contributed by atoms with E-state index in [1.54, 1.807) is 61.5 Å². The largest absolute Gasteiger partial charge is 0.507 e. The van der Waals surface area contributed by atoms with Crippen LogP contribution in [0.3, 0.4) is 0 Å². The smallest absolute Gasteiger partial charge is 0.275 e. The van der Waals surface area contributed by atoms with Gasteiger partial charge in [0.15, 0.2) is 11.5 Å². The van der Waals surface area contributed by atoms with Crippen LogP contribution in [0.1, 0.15) is 33.2 Å². The van der Waals surface area contributed by atoms with Gasteiger partial charge in [0, 0.05) is 11.3 Å². The Bertz CT molecular complexity index is 1480. The number of fused-ring (bicyclic) bond motifs is 1. The van der Waals surface area contributed by atoms with Gasteiger partial charge in [-0.1, -0.05) is 42.5 Å². The van der Waals surface area contributed by atoms with Crippen molar-refractivity contribution in [1.82, 2.24) is 5.43 Å². The molecule has 182 valence electrons. The quantitative estimate of drug-likeness (QED) is 0.254. The van der Waals surface area contributed by atoms with Crippen molar-refractivity contribution in [3.63, 3.8) is 0 Å². The number of aromatic hydroxyl groups is 1. The van der Waals surface area contributed by atoms with E-state index in [1.165, 1.54) is 20.3 Å². The number of hydrogen-bond donors (Lipinski definition) is 3. The minimum atomic E-state index is -0.526. The van der Waals surface area contributed by atoms with Crippen LogP contribution in [0.2, 0.25) is 0 Å². The molecule has 0 fully saturated rings. The van der Waals surface area contributed by atoms with E-state index in [9.17, 15) is 14.7 Å². The molecule has 0 atom stereocenters. The van der Waals surface area contributed by atoms with Crippen LogP contribution >= 0.6 is 0 Å². The van der Waals surface area contributed by atoms with Crippen molar-refractivity contribution in [3.05, 3.63) is 95.6 Å². The molecule has 4 aromatic rings. The molecule has 4 aromatic carbocycles. The number of hydrazone groups is 1. The molecule has 0 saturated heterocycles. The number of carbonyl (C=O) groups is 2. The first-order valence-electron chi connectivity index (χ1n) is 11.1. The van der Waals surface area contributed by atoms with Gasteiger partial charge in [-0.2, -0.15) is 5.10 Å². The van der Waals surface area contributed by atoms with Crippen LogP contribution < -0.4 is 20.2 Å². The van der Waals surface area contributed by atoms with Crippen molar-refractivity contribution < 1.29 is 24.2 Å². The van der Waals surface area contributed by atoms with Crippen molar-refractivity contribution in [2.45, 2.75) is 6.92 Å². The molecule has 4 rings (SSSR count).